The summed E-state index contributed by atoms with van der Waals surface area (Å²) in [6, 6.07) is 12.2. The van der Waals surface area contributed by atoms with Crippen LogP contribution in [0.4, 0.5) is 18.9 Å². The van der Waals surface area contributed by atoms with Crippen LogP contribution in [0.2, 0.25) is 5.02 Å². The number of halogens is 4. The summed E-state index contributed by atoms with van der Waals surface area (Å²) in [6.45, 7) is 3.10. The third kappa shape index (κ3) is 3.85. The first-order valence-corrected chi connectivity index (χ1v) is 8.30. The molecule has 0 bridgehead atoms. The molecule has 1 aromatic heterocycles. The molecule has 0 amide bonds. The van der Waals surface area contributed by atoms with Gasteiger partial charge in [-0.05, 0) is 36.8 Å². The number of rotatable bonds is 4. The van der Waals surface area contributed by atoms with E-state index in [0.717, 1.165) is 5.56 Å². The lowest BCUT2D eigenvalue weighted by atomic mass is 10.1. The number of alkyl halides is 3. The van der Waals surface area contributed by atoms with Crippen LogP contribution in [0.25, 0.3) is 11.0 Å². The van der Waals surface area contributed by atoms with Gasteiger partial charge in [-0.1, -0.05) is 23.7 Å². The van der Waals surface area contributed by atoms with Crippen molar-refractivity contribution in [3.05, 3.63) is 75.1 Å². The third-order valence-electron chi connectivity index (χ3n) is 4.07. The number of nitrogens with zero attached hydrogens (tertiary/aromatic N) is 1. The van der Waals surface area contributed by atoms with Gasteiger partial charge in [0.05, 0.1) is 5.56 Å². The molecule has 136 valence electrons. The SMILES string of the molecule is CCN(Cc1ccc(Cl)cc1)c1ccc2c(C(F)(F)F)cc(=O)oc2c1. The Kier molecular flexibility index (Phi) is 4.96. The van der Waals surface area contributed by atoms with E-state index in [4.69, 9.17) is 16.0 Å². The van der Waals surface area contributed by atoms with Crippen molar-refractivity contribution in [3.8, 4) is 0 Å². The summed E-state index contributed by atoms with van der Waals surface area (Å²) in [6.07, 6.45) is -4.62. The summed E-state index contributed by atoms with van der Waals surface area (Å²) in [7, 11) is 0. The minimum absolute atomic E-state index is 0.0862. The van der Waals surface area contributed by atoms with Gasteiger partial charge in [-0.2, -0.15) is 13.2 Å². The number of anilines is 1. The normalized spacial score (nSPS) is 11.7. The molecule has 0 atom stereocenters. The van der Waals surface area contributed by atoms with Crippen LogP contribution in [0, 0.1) is 0 Å². The van der Waals surface area contributed by atoms with Gasteiger partial charge in [-0.15, -0.1) is 0 Å². The van der Waals surface area contributed by atoms with Crippen molar-refractivity contribution in [1.82, 2.24) is 0 Å². The Labute approximate surface area is 152 Å². The lowest BCUT2D eigenvalue weighted by Crippen LogP contribution is -2.22. The van der Waals surface area contributed by atoms with Gasteiger partial charge in [0.15, 0.2) is 0 Å². The van der Waals surface area contributed by atoms with E-state index in [9.17, 15) is 18.0 Å². The molecule has 7 heteroatoms. The molecule has 3 nitrogen and oxygen atoms in total. The zero-order valence-corrected chi connectivity index (χ0v) is 14.6. The average Bonchev–Trinajstić information content (AvgIpc) is 2.59. The Hall–Kier alpha value is -2.47. The summed E-state index contributed by atoms with van der Waals surface area (Å²) >= 11 is 5.88. The van der Waals surface area contributed by atoms with E-state index >= 15 is 0 Å². The first-order valence-electron chi connectivity index (χ1n) is 7.92. The van der Waals surface area contributed by atoms with Crippen LogP contribution in [0.15, 0.2) is 57.7 Å². The Morgan fingerprint density at radius 1 is 1.08 bits per heavy atom. The summed E-state index contributed by atoms with van der Waals surface area (Å²) < 4.78 is 44.4. The molecule has 0 fully saturated rings. The summed E-state index contributed by atoms with van der Waals surface area (Å²) in [5.74, 6) is 0. The molecule has 1 heterocycles. The Morgan fingerprint density at radius 3 is 2.38 bits per heavy atom. The van der Waals surface area contributed by atoms with E-state index in [0.29, 0.717) is 29.9 Å². The van der Waals surface area contributed by atoms with Crippen molar-refractivity contribution in [2.45, 2.75) is 19.6 Å². The van der Waals surface area contributed by atoms with Crippen molar-refractivity contribution in [1.29, 1.82) is 0 Å². The molecule has 3 aromatic rings. The van der Waals surface area contributed by atoms with Crippen LogP contribution in [0.5, 0.6) is 0 Å². The third-order valence-corrected chi connectivity index (χ3v) is 4.32. The van der Waals surface area contributed by atoms with E-state index in [1.54, 1.807) is 18.2 Å². The average molecular weight is 382 g/mol. The summed E-state index contributed by atoms with van der Waals surface area (Å²) in [5.41, 5.74) is -0.435. The molecular weight excluding hydrogens is 367 g/mol. The van der Waals surface area contributed by atoms with E-state index in [1.165, 1.54) is 12.1 Å². The molecule has 0 saturated carbocycles. The second-order valence-corrected chi connectivity index (χ2v) is 6.23. The Morgan fingerprint density at radius 2 is 1.77 bits per heavy atom. The maximum absolute atomic E-state index is 13.1. The molecule has 0 aliphatic heterocycles. The molecule has 0 aliphatic rings. The highest BCUT2D eigenvalue weighted by Gasteiger charge is 2.33. The first kappa shape index (κ1) is 18.3. The van der Waals surface area contributed by atoms with Crippen LogP contribution < -0.4 is 10.5 Å². The fourth-order valence-electron chi connectivity index (χ4n) is 2.78. The highest BCUT2D eigenvalue weighted by Crippen LogP contribution is 2.35. The van der Waals surface area contributed by atoms with Gasteiger partial charge in [0.1, 0.15) is 5.58 Å². The van der Waals surface area contributed by atoms with Gasteiger partial charge in [-0.3, -0.25) is 0 Å². The minimum Gasteiger partial charge on any atom is -0.423 e. The largest absolute Gasteiger partial charge is 0.423 e. The molecule has 0 saturated heterocycles. The van der Waals surface area contributed by atoms with Gasteiger partial charge in [0, 0.05) is 41.3 Å². The predicted octanol–water partition coefficient (Wildman–Crippen LogP) is 5.49. The highest BCUT2D eigenvalue weighted by atomic mass is 35.5. The van der Waals surface area contributed by atoms with Gasteiger partial charge in [0.25, 0.3) is 0 Å². The lowest BCUT2D eigenvalue weighted by Gasteiger charge is -2.23. The zero-order chi connectivity index (χ0) is 18.9. The molecule has 26 heavy (non-hydrogen) atoms. The molecule has 0 N–H and O–H groups in total. The molecule has 0 aliphatic carbocycles. The highest BCUT2D eigenvalue weighted by molar-refractivity contribution is 6.30. The van der Waals surface area contributed by atoms with E-state index < -0.39 is 17.4 Å². The van der Waals surface area contributed by atoms with Crippen LogP contribution in [0.1, 0.15) is 18.1 Å². The maximum atomic E-state index is 13.1. The van der Waals surface area contributed by atoms with Crippen LogP contribution >= 0.6 is 11.6 Å². The minimum atomic E-state index is -4.62. The fraction of sp³-hybridized carbons (Fsp3) is 0.211. The second kappa shape index (κ2) is 7.03. The van der Waals surface area contributed by atoms with Crippen molar-refractivity contribution in [2.24, 2.45) is 0 Å². The number of fused-ring (bicyclic) bond motifs is 1. The predicted molar refractivity (Wildman–Crippen MR) is 95.7 cm³/mol. The lowest BCUT2D eigenvalue weighted by molar-refractivity contribution is -0.136. The number of benzene rings is 2. The smallest absolute Gasteiger partial charge is 0.417 e. The quantitative estimate of drug-likeness (QED) is 0.560. The summed E-state index contributed by atoms with van der Waals surface area (Å²) in [5, 5.41) is 0.493. The van der Waals surface area contributed by atoms with Crippen LogP contribution in [0.3, 0.4) is 0 Å². The van der Waals surface area contributed by atoms with Crippen molar-refractivity contribution < 1.29 is 17.6 Å². The molecule has 2 aromatic carbocycles. The monoisotopic (exact) mass is 381 g/mol. The first-order chi connectivity index (χ1) is 12.3. The Balaban J connectivity index is 2.01. The van der Waals surface area contributed by atoms with Gasteiger partial charge >= 0.3 is 11.8 Å². The topological polar surface area (TPSA) is 33.5 Å². The molecule has 0 unspecified atom stereocenters. The molecule has 3 rings (SSSR count). The van der Waals surface area contributed by atoms with Crippen molar-refractivity contribution in [3.63, 3.8) is 0 Å². The maximum Gasteiger partial charge on any atom is 0.417 e. The van der Waals surface area contributed by atoms with Gasteiger partial charge in [0.2, 0.25) is 0 Å². The molecular formula is C19H15ClF3NO2. The number of hydrogen-bond donors (Lipinski definition) is 0. The number of hydrogen-bond acceptors (Lipinski definition) is 3. The van der Waals surface area contributed by atoms with Crippen LogP contribution in [-0.2, 0) is 12.7 Å². The van der Waals surface area contributed by atoms with Gasteiger partial charge < -0.3 is 9.32 Å². The standard InChI is InChI=1S/C19H15ClF3NO2/c1-2-24(11-12-3-5-13(20)6-4-12)14-7-8-15-16(19(21,22)23)10-18(25)26-17(15)9-14/h3-10H,2,11H2,1H3. The van der Waals surface area contributed by atoms with Gasteiger partial charge in [-0.25, -0.2) is 4.79 Å². The molecule has 0 radical (unpaired) electrons. The van der Waals surface area contributed by atoms with E-state index in [-0.39, 0.29) is 11.0 Å². The second-order valence-electron chi connectivity index (χ2n) is 5.80. The van der Waals surface area contributed by atoms with Crippen LogP contribution in [-0.4, -0.2) is 6.54 Å². The van der Waals surface area contributed by atoms with Crippen molar-refractivity contribution >= 4 is 28.3 Å². The molecule has 0 spiro atoms. The Bertz CT molecular complexity index is 981. The summed E-state index contributed by atoms with van der Waals surface area (Å²) in [4.78, 5) is 13.5. The fourth-order valence-corrected chi connectivity index (χ4v) is 2.90. The zero-order valence-electron chi connectivity index (χ0n) is 13.8. The van der Waals surface area contributed by atoms with E-state index in [1.807, 2.05) is 24.0 Å². The van der Waals surface area contributed by atoms with Crippen molar-refractivity contribution in [2.75, 3.05) is 11.4 Å². The van der Waals surface area contributed by atoms with E-state index in [2.05, 4.69) is 0 Å².